The molecule has 0 aliphatic heterocycles. The summed E-state index contributed by atoms with van der Waals surface area (Å²) in [7, 11) is 1.63. The molecule has 1 aromatic heterocycles. The maximum atomic E-state index is 11.4. The third-order valence-electron chi connectivity index (χ3n) is 4.48. The van der Waals surface area contributed by atoms with Crippen LogP contribution in [0.25, 0.3) is 0 Å². The summed E-state index contributed by atoms with van der Waals surface area (Å²) in [6.07, 6.45) is 5.57. The first-order valence-electron chi connectivity index (χ1n) is 7.52. The zero-order valence-electron chi connectivity index (χ0n) is 12.3. The zero-order chi connectivity index (χ0) is 14.7. The molecule has 0 radical (unpaired) electrons. The van der Waals surface area contributed by atoms with E-state index in [1.165, 1.54) is 5.56 Å². The molecule has 0 amide bonds. The van der Waals surface area contributed by atoms with Crippen LogP contribution in [0.1, 0.15) is 42.9 Å². The fraction of sp³-hybridized carbons (Fsp3) is 0.389. The Morgan fingerprint density at radius 1 is 1.14 bits per heavy atom. The lowest BCUT2D eigenvalue weighted by atomic mass is 9.70. The summed E-state index contributed by atoms with van der Waals surface area (Å²) < 4.78 is 5.43. The van der Waals surface area contributed by atoms with E-state index in [2.05, 4.69) is 17.1 Å². The highest BCUT2D eigenvalue weighted by Gasteiger charge is 2.44. The van der Waals surface area contributed by atoms with Crippen molar-refractivity contribution in [1.82, 2.24) is 4.98 Å². The van der Waals surface area contributed by atoms with E-state index in [9.17, 15) is 5.11 Å². The summed E-state index contributed by atoms with van der Waals surface area (Å²) in [5, 5.41) is 11.4. The van der Waals surface area contributed by atoms with Gasteiger partial charge in [0, 0.05) is 12.1 Å². The number of aromatic nitrogens is 1. The molecule has 2 atom stereocenters. The number of methoxy groups -OCH3 is 1. The summed E-state index contributed by atoms with van der Waals surface area (Å²) in [5.74, 6) is 0.735. The summed E-state index contributed by atoms with van der Waals surface area (Å²) in [6, 6.07) is 14.0. The Hall–Kier alpha value is -1.87. The minimum absolute atomic E-state index is 0.0660. The lowest BCUT2D eigenvalue weighted by Gasteiger charge is -2.40. The fourth-order valence-electron chi connectivity index (χ4n) is 3.45. The Labute approximate surface area is 125 Å². The van der Waals surface area contributed by atoms with E-state index in [-0.39, 0.29) is 5.92 Å². The van der Waals surface area contributed by atoms with Crippen molar-refractivity contribution in [2.24, 2.45) is 0 Å². The Kier molecular flexibility index (Phi) is 3.93. The molecule has 0 saturated heterocycles. The number of benzene rings is 1. The maximum Gasteiger partial charge on any atom is 0.143 e. The summed E-state index contributed by atoms with van der Waals surface area (Å²) >= 11 is 0. The van der Waals surface area contributed by atoms with Crippen LogP contribution < -0.4 is 4.74 Å². The van der Waals surface area contributed by atoms with Crippen LogP contribution in [0.3, 0.4) is 0 Å². The van der Waals surface area contributed by atoms with Gasteiger partial charge in [0.1, 0.15) is 17.0 Å². The molecule has 21 heavy (non-hydrogen) atoms. The van der Waals surface area contributed by atoms with Crippen LogP contribution in [0.2, 0.25) is 0 Å². The average Bonchev–Trinajstić information content (AvgIpc) is 2.56. The molecule has 1 aliphatic rings. The first-order valence-corrected chi connectivity index (χ1v) is 7.52. The number of hydrogen-bond acceptors (Lipinski definition) is 3. The van der Waals surface area contributed by atoms with Gasteiger partial charge in [-0.15, -0.1) is 0 Å². The molecule has 1 fully saturated rings. The van der Waals surface area contributed by atoms with Crippen molar-refractivity contribution in [3.05, 3.63) is 59.9 Å². The van der Waals surface area contributed by atoms with Crippen LogP contribution in [0, 0.1) is 0 Å². The molecule has 110 valence electrons. The molecule has 3 heteroatoms. The number of rotatable bonds is 3. The monoisotopic (exact) mass is 283 g/mol. The van der Waals surface area contributed by atoms with Gasteiger partial charge in [0.25, 0.3) is 0 Å². The van der Waals surface area contributed by atoms with Crippen molar-refractivity contribution >= 4 is 0 Å². The molecular weight excluding hydrogens is 262 g/mol. The highest BCUT2D eigenvalue weighted by Crippen LogP contribution is 2.48. The fourth-order valence-corrected chi connectivity index (χ4v) is 3.45. The molecule has 0 bridgehead atoms. The molecule has 3 rings (SSSR count). The van der Waals surface area contributed by atoms with Gasteiger partial charge in [0.05, 0.1) is 7.11 Å². The molecule has 1 saturated carbocycles. The minimum atomic E-state index is -0.952. The number of hydrogen-bond donors (Lipinski definition) is 1. The van der Waals surface area contributed by atoms with Crippen LogP contribution in [0.5, 0.6) is 5.75 Å². The molecular formula is C18H21NO2. The Morgan fingerprint density at radius 3 is 2.71 bits per heavy atom. The van der Waals surface area contributed by atoms with Crippen molar-refractivity contribution < 1.29 is 9.84 Å². The predicted octanol–water partition coefficient (Wildman–Crippen LogP) is 3.64. The van der Waals surface area contributed by atoms with Gasteiger partial charge in [-0.3, -0.25) is 4.98 Å². The van der Waals surface area contributed by atoms with Gasteiger partial charge in [0.2, 0.25) is 0 Å². The Morgan fingerprint density at radius 2 is 1.95 bits per heavy atom. The largest absolute Gasteiger partial charge is 0.495 e. The minimum Gasteiger partial charge on any atom is -0.495 e. The van der Waals surface area contributed by atoms with Crippen LogP contribution in [0.15, 0.2) is 48.7 Å². The van der Waals surface area contributed by atoms with Gasteiger partial charge in [-0.2, -0.15) is 0 Å². The SMILES string of the molecule is COc1cccnc1C1(O)CCCCC1c1ccccc1. The first kappa shape index (κ1) is 14.1. The van der Waals surface area contributed by atoms with E-state index in [4.69, 9.17) is 4.74 Å². The van der Waals surface area contributed by atoms with E-state index < -0.39 is 5.60 Å². The standard InChI is InChI=1S/C18H21NO2/c1-21-16-11-7-13-19-17(16)18(20)12-6-5-10-15(18)14-8-3-2-4-9-14/h2-4,7-9,11,13,15,20H,5-6,10,12H2,1H3. The maximum absolute atomic E-state index is 11.4. The molecule has 2 unspecified atom stereocenters. The van der Waals surface area contributed by atoms with E-state index in [1.807, 2.05) is 30.3 Å². The van der Waals surface area contributed by atoms with E-state index >= 15 is 0 Å². The summed E-state index contributed by atoms with van der Waals surface area (Å²) in [6.45, 7) is 0. The zero-order valence-corrected chi connectivity index (χ0v) is 12.3. The molecule has 1 aromatic carbocycles. The second-order valence-electron chi connectivity index (χ2n) is 5.69. The highest BCUT2D eigenvalue weighted by atomic mass is 16.5. The average molecular weight is 283 g/mol. The van der Waals surface area contributed by atoms with Crippen molar-refractivity contribution in [3.63, 3.8) is 0 Å². The molecule has 3 nitrogen and oxygen atoms in total. The lowest BCUT2D eigenvalue weighted by Crippen LogP contribution is -2.37. The first-order chi connectivity index (χ1) is 10.3. The second kappa shape index (κ2) is 5.86. The number of aliphatic hydroxyl groups is 1. The molecule has 0 spiro atoms. The van der Waals surface area contributed by atoms with E-state index in [0.717, 1.165) is 25.7 Å². The second-order valence-corrected chi connectivity index (χ2v) is 5.69. The van der Waals surface area contributed by atoms with Crippen molar-refractivity contribution in [2.45, 2.75) is 37.2 Å². The van der Waals surface area contributed by atoms with E-state index in [1.54, 1.807) is 13.3 Å². The third-order valence-corrected chi connectivity index (χ3v) is 4.48. The Bertz CT molecular complexity index is 599. The summed E-state index contributed by atoms with van der Waals surface area (Å²) in [5.41, 5.74) is 0.889. The predicted molar refractivity (Wildman–Crippen MR) is 82.3 cm³/mol. The van der Waals surface area contributed by atoms with Crippen molar-refractivity contribution in [2.75, 3.05) is 7.11 Å². The van der Waals surface area contributed by atoms with Gasteiger partial charge >= 0.3 is 0 Å². The molecule has 2 aromatic rings. The van der Waals surface area contributed by atoms with Gasteiger partial charge in [0.15, 0.2) is 0 Å². The van der Waals surface area contributed by atoms with Gasteiger partial charge in [-0.1, -0.05) is 43.2 Å². The normalized spacial score (nSPS) is 25.5. The van der Waals surface area contributed by atoms with Crippen molar-refractivity contribution in [3.8, 4) is 5.75 Å². The number of pyridine rings is 1. The van der Waals surface area contributed by atoms with Crippen LogP contribution in [-0.4, -0.2) is 17.2 Å². The highest BCUT2D eigenvalue weighted by molar-refractivity contribution is 5.37. The smallest absolute Gasteiger partial charge is 0.143 e. The van der Waals surface area contributed by atoms with Crippen LogP contribution in [0.4, 0.5) is 0 Å². The quantitative estimate of drug-likeness (QED) is 0.935. The van der Waals surface area contributed by atoms with Gasteiger partial charge in [-0.25, -0.2) is 0 Å². The Balaban J connectivity index is 2.07. The molecule has 1 N–H and O–H groups in total. The summed E-state index contributed by atoms with van der Waals surface area (Å²) in [4.78, 5) is 4.45. The number of ether oxygens (including phenoxy) is 1. The van der Waals surface area contributed by atoms with Crippen LogP contribution >= 0.6 is 0 Å². The number of nitrogens with zero attached hydrogens (tertiary/aromatic N) is 1. The topological polar surface area (TPSA) is 42.4 Å². The van der Waals surface area contributed by atoms with Crippen molar-refractivity contribution in [1.29, 1.82) is 0 Å². The lowest BCUT2D eigenvalue weighted by molar-refractivity contribution is -0.0281. The molecule has 1 aliphatic carbocycles. The van der Waals surface area contributed by atoms with Crippen LogP contribution in [-0.2, 0) is 5.60 Å². The van der Waals surface area contributed by atoms with Gasteiger partial charge in [-0.05, 0) is 30.5 Å². The van der Waals surface area contributed by atoms with E-state index in [0.29, 0.717) is 11.4 Å². The third kappa shape index (κ3) is 2.54. The van der Waals surface area contributed by atoms with Gasteiger partial charge < -0.3 is 9.84 Å². The molecule has 1 heterocycles.